The Morgan fingerprint density at radius 1 is 1.17 bits per heavy atom. The van der Waals surface area contributed by atoms with Crippen molar-refractivity contribution in [3.63, 3.8) is 0 Å². The summed E-state index contributed by atoms with van der Waals surface area (Å²) in [6.45, 7) is 9.15. The van der Waals surface area contributed by atoms with Crippen LogP contribution in [0.3, 0.4) is 0 Å². The zero-order chi connectivity index (χ0) is 9.40. The van der Waals surface area contributed by atoms with Gasteiger partial charge < -0.3 is 5.32 Å². The fraction of sp³-hybridized carbons (Fsp3) is 1.00. The van der Waals surface area contributed by atoms with Crippen molar-refractivity contribution in [2.24, 2.45) is 5.92 Å². The largest absolute Gasteiger partial charge is 0.315 e. The van der Waals surface area contributed by atoms with Crippen molar-refractivity contribution in [2.45, 2.75) is 38.9 Å². The molecule has 0 aromatic heterocycles. The van der Waals surface area contributed by atoms with Crippen LogP contribution in [0.5, 0.6) is 0 Å². The third kappa shape index (κ3) is 5.90. The van der Waals surface area contributed by atoms with Crippen LogP contribution in [0.2, 0.25) is 0 Å². The van der Waals surface area contributed by atoms with Crippen LogP contribution < -0.4 is 5.32 Å². The molecule has 0 rings (SSSR count). The maximum absolute atomic E-state index is 3.52. The topological polar surface area (TPSA) is 12.0 Å². The molecule has 0 aromatic carbocycles. The van der Waals surface area contributed by atoms with Crippen molar-refractivity contribution in [2.75, 3.05) is 19.3 Å². The molecule has 0 spiro atoms. The predicted octanol–water partition coefficient (Wildman–Crippen LogP) is 2.76. The van der Waals surface area contributed by atoms with Crippen LogP contribution in [0.1, 0.15) is 33.6 Å². The molecule has 1 nitrogen and oxygen atoms in total. The summed E-state index contributed by atoms with van der Waals surface area (Å²) in [6.07, 6.45) is 4.78. The summed E-state index contributed by atoms with van der Waals surface area (Å²) in [5.74, 6) is 0.874. The highest BCUT2D eigenvalue weighted by Gasteiger charge is 2.03. The summed E-state index contributed by atoms with van der Waals surface area (Å²) in [5.41, 5.74) is 0. The number of nitrogens with one attached hydrogen (secondary N) is 1. The fourth-order valence-corrected chi connectivity index (χ4v) is 1.44. The summed E-state index contributed by atoms with van der Waals surface area (Å²) in [5, 5.41) is 4.27. The highest BCUT2D eigenvalue weighted by molar-refractivity contribution is 7.99. The van der Waals surface area contributed by atoms with Crippen LogP contribution >= 0.6 is 11.8 Å². The Morgan fingerprint density at radius 3 is 2.17 bits per heavy atom. The van der Waals surface area contributed by atoms with E-state index in [2.05, 4.69) is 32.3 Å². The molecule has 2 heteroatoms. The van der Waals surface area contributed by atoms with Gasteiger partial charge in [0.25, 0.3) is 0 Å². The zero-order valence-electron chi connectivity index (χ0n) is 8.89. The van der Waals surface area contributed by atoms with Gasteiger partial charge in [-0.05, 0) is 18.7 Å². The predicted molar refractivity (Wildman–Crippen MR) is 59.9 cm³/mol. The normalized spacial score (nSPS) is 13.8. The lowest BCUT2D eigenvalue weighted by Gasteiger charge is -2.15. The average molecular weight is 189 g/mol. The molecular weight excluding hydrogens is 166 g/mol. The van der Waals surface area contributed by atoms with Gasteiger partial charge in [-0.2, -0.15) is 11.8 Å². The molecule has 0 bridgehead atoms. The van der Waals surface area contributed by atoms with Crippen LogP contribution in [0, 0.1) is 5.92 Å². The van der Waals surface area contributed by atoms with E-state index in [-0.39, 0.29) is 0 Å². The van der Waals surface area contributed by atoms with Crippen molar-refractivity contribution in [3.05, 3.63) is 0 Å². The third-order valence-electron chi connectivity index (χ3n) is 2.42. The Balaban J connectivity index is 3.28. The minimum Gasteiger partial charge on any atom is -0.315 e. The van der Waals surface area contributed by atoms with Crippen molar-refractivity contribution in [1.29, 1.82) is 0 Å². The molecule has 1 atom stereocenters. The fourth-order valence-electron chi connectivity index (χ4n) is 1.15. The smallest absolute Gasteiger partial charge is 0.0141 e. The Morgan fingerprint density at radius 2 is 1.75 bits per heavy atom. The molecule has 74 valence electrons. The number of hydrogen-bond donors (Lipinski definition) is 1. The van der Waals surface area contributed by atoms with E-state index in [0.717, 1.165) is 17.7 Å². The lowest BCUT2D eigenvalue weighted by atomic mass is 10.0. The Bertz CT molecular complexity index is 91.8. The number of thioether (sulfide) groups is 1. The molecule has 0 aliphatic carbocycles. The second kappa shape index (κ2) is 7.93. The molecule has 0 aliphatic rings. The third-order valence-corrected chi connectivity index (χ3v) is 3.39. The number of rotatable bonds is 7. The number of hydrogen-bond acceptors (Lipinski definition) is 2. The van der Waals surface area contributed by atoms with E-state index in [1.54, 1.807) is 0 Å². The molecule has 0 heterocycles. The molecule has 1 unspecified atom stereocenters. The van der Waals surface area contributed by atoms with Gasteiger partial charge >= 0.3 is 0 Å². The van der Waals surface area contributed by atoms with Gasteiger partial charge in [-0.15, -0.1) is 0 Å². The van der Waals surface area contributed by atoms with Crippen molar-refractivity contribution in [1.82, 2.24) is 5.32 Å². The standard InChI is InChI=1S/C10H23NS/c1-5-10(6-2)8-11-7-9(3)12-4/h9-11H,5-8H2,1-4H3. The van der Waals surface area contributed by atoms with Gasteiger partial charge in [0.05, 0.1) is 0 Å². The quantitative estimate of drug-likeness (QED) is 0.661. The zero-order valence-corrected chi connectivity index (χ0v) is 9.71. The van der Waals surface area contributed by atoms with E-state index in [0.29, 0.717) is 0 Å². The maximum Gasteiger partial charge on any atom is 0.0141 e. The van der Waals surface area contributed by atoms with E-state index in [1.165, 1.54) is 19.4 Å². The van der Waals surface area contributed by atoms with Gasteiger partial charge in [-0.1, -0.05) is 33.6 Å². The van der Waals surface area contributed by atoms with Crippen LogP contribution in [-0.2, 0) is 0 Å². The van der Waals surface area contributed by atoms with E-state index in [9.17, 15) is 0 Å². The minimum absolute atomic E-state index is 0.749. The second-order valence-electron chi connectivity index (χ2n) is 3.39. The van der Waals surface area contributed by atoms with Crippen LogP contribution in [-0.4, -0.2) is 24.6 Å². The summed E-state index contributed by atoms with van der Waals surface area (Å²) < 4.78 is 0. The molecule has 0 fully saturated rings. The summed E-state index contributed by atoms with van der Waals surface area (Å²) in [4.78, 5) is 0. The molecule has 1 N–H and O–H groups in total. The van der Waals surface area contributed by atoms with Gasteiger partial charge in [0.2, 0.25) is 0 Å². The van der Waals surface area contributed by atoms with Crippen molar-refractivity contribution in [3.8, 4) is 0 Å². The second-order valence-corrected chi connectivity index (χ2v) is 4.66. The first-order valence-electron chi connectivity index (χ1n) is 4.98. The Labute approximate surface area is 81.7 Å². The molecular formula is C10H23NS. The van der Waals surface area contributed by atoms with Crippen LogP contribution in [0.15, 0.2) is 0 Å². The summed E-state index contributed by atoms with van der Waals surface area (Å²) in [6, 6.07) is 0. The highest BCUT2D eigenvalue weighted by atomic mass is 32.2. The van der Waals surface area contributed by atoms with Crippen molar-refractivity contribution >= 4 is 11.8 Å². The Hall–Kier alpha value is 0.310. The molecule has 0 aromatic rings. The van der Waals surface area contributed by atoms with E-state index in [4.69, 9.17) is 0 Å². The lowest BCUT2D eigenvalue weighted by Crippen LogP contribution is -2.27. The summed E-state index contributed by atoms with van der Waals surface area (Å²) in [7, 11) is 0. The molecule has 0 saturated carbocycles. The first-order chi connectivity index (χ1) is 5.74. The first kappa shape index (κ1) is 12.3. The molecule has 0 amide bonds. The average Bonchev–Trinajstić information content (AvgIpc) is 2.12. The van der Waals surface area contributed by atoms with Gasteiger partial charge in [0, 0.05) is 11.8 Å². The molecule has 12 heavy (non-hydrogen) atoms. The summed E-state index contributed by atoms with van der Waals surface area (Å²) >= 11 is 1.93. The molecule has 0 aliphatic heterocycles. The SMILES string of the molecule is CCC(CC)CNCC(C)SC. The molecule has 0 radical (unpaired) electrons. The Kier molecular flexibility index (Phi) is 8.14. The minimum atomic E-state index is 0.749. The van der Waals surface area contributed by atoms with Crippen LogP contribution in [0.25, 0.3) is 0 Å². The van der Waals surface area contributed by atoms with E-state index >= 15 is 0 Å². The molecule has 0 saturated heterocycles. The van der Waals surface area contributed by atoms with Gasteiger partial charge in [-0.3, -0.25) is 0 Å². The van der Waals surface area contributed by atoms with E-state index < -0.39 is 0 Å². The van der Waals surface area contributed by atoms with Crippen LogP contribution in [0.4, 0.5) is 0 Å². The monoisotopic (exact) mass is 189 g/mol. The first-order valence-corrected chi connectivity index (χ1v) is 6.26. The van der Waals surface area contributed by atoms with Gasteiger partial charge in [0.1, 0.15) is 0 Å². The highest BCUT2D eigenvalue weighted by Crippen LogP contribution is 2.06. The van der Waals surface area contributed by atoms with Gasteiger partial charge in [0.15, 0.2) is 0 Å². The van der Waals surface area contributed by atoms with Gasteiger partial charge in [-0.25, -0.2) is 0 Å². The van der Waals surface area contributed by atoms with E-state index in [1.807, 2.05) is 11.8 Å². The maximum atomic E-state index is 3.52. The van der Waals surface area contributed by atoms with Crippen molar-refractivity contribution < 1.29 is 0 Å². The lowest BCUT2D eigenvalue weighted by molar-refractivity contribution is 0.452.